The monoisotopic (exact) mass is 426 g/mol. The number of carbonyl (C=O) groups is 3. The third kappa shape index (κ3) is 3.95. The topological polar surface area (TPSA) is 116 Å². The molecule has 1 N–H and O–H groups in total. The van der Waals surface area contributed by atoms with Crippen LogP contribution in [0.15, 0.2) is 12.3 Å². The van der Waals surface area contributed by atoms with Crippen LogP contribution < -0.4 is 0 Å². The number of aryl methyl sites for hydroxylation is 2. The maximum atomic E-state index is 12.9. The van der Waals surface area contributed by atoms with E-state index in [4.69, 9.17) is 9.47 Å². The number of ketones is 1. The Labute approximate surface area is 179 Å². The van der Waals surface area contributed by atoms with Crippen molar-refractivity contribution in [3.05, 3.63) is 46.0 Å². The number of pyridine rings is 1. The molecule has 0 aliphatic heterocycles. The zero-order valence-electron chi connectivity index (χ0n) is 18.7. The second kappa shape index (κ2) is 8.33. The van der Waals surface area contributed by atoms with Gasteiger partial charge in [-0.25, -0.2) is 19.3 Å². The number of aromatic nitrogens is 4. The average molecular weight is 426 g/mol. The van der Waals surface area contributed by atoms with Gasteiger partial charge in [0.2, 0.25) is 5.78 Å². The van der Waals surface area contributed by atoms with Gasteiger partial charge in [-0.05, 0) is 53.2 Å². The summed E-state index contributed by atoms with van der Waals surface area (Å²) < 4.78 is 12.0. The van der Waals surface area contributed by atoms with Gasteiger partial charge in [0.1, 0.15) is 0 Å². The molecule has 0 fully saturated rings. The quantitative estimate of drug-likeness (QED) is 0.474. The van der Waals surface area contributed by atoms with E-state index in [1.807, 2.05) is 13.8 Å². The summed E-state index contributed by atoms with van der Waals surface area (Å²) in [6.07, 6.45) is 0.504. The first-order valence-corrected chi connectivity index (χ1v) is 9.94. The fraction of sp³-hybridized carbons (Fsp3) is 0.409. The molecule has 0 aliphatic carbocycles. The van der Waals surface area contributed by atoms with E-state index in [0.29, 0.717) is 39.1 Å². The highest BCUT2D eigenvalue weighted by Crippen LogP contribution is 2.24. The zero-order valence-corrected chi connectivity index (χ0v) is 18.7. The molecular formula is C22H26N4O5. The average Bonchev–Trinajstić information content (AvgIpc) is 3.26. The highest BCUT2D eigenvalue weighted by atomic mass is 16.5. The van der Waals surface area contributed by atoms with E-state index < -0.39 is 23.8 Å². The third-order valence-corrected chi connectivity index (χ3v) is 5.13. The Balaban J connectivity index is 1.90. The SMILES string of the molecule is COC(=O)c1c(C)[nH]c(C(=O)[C@@H](C)OC(=O)c2cc(C)nc3c2cnn3C(C)C)c1C. The van der Waals surface area contributed by atoms with Crippen LogP contribution in [0.3, 0.4) is 0 Å². The lowest BCUT2D eigenvalue weighted by Crippen LogP contribution is -2.25. The molecule has 9 heteroatoms. The smallest absolute Gasteiger partial charge is 0.339 e. The normalized spacial score (nSPS) is 12.3. The van der Waals surface area contributed by atoms with Crippen LogP contribution in [0.5, 0.6) is 0 Å². The summed E-state index contributed by atoms with van der Waals surface area (Å²) in [7, 11) is 1.28. The number of carbonyl (C=O) groups excluding carboxylic acids is 3. The minimum atomic E-state index is -1.07. The van der Waals surface area contributed by atoms with Gasteiger partial charge in [0, 0.05) is 17.4 Å². The lowest BCUT2D eigenvalue weighted by atomic mass is 10.1. The van der Waals surface area contributed by atoms with E-state index >= 15 is 0 Å². The van der Waals surface area contributed by atoms with Crippen molar-refractivity contribution in [1.29, 1.82) is 0 Å². The molecule has 31 heavy (non-hydrogen) atoms. The number of methoxy groups -OCH3 is 1. The van der Waals surface area contributed by atoms with Gasteiger partial charge in [-0.2, -0.15) is 5.10 Å². The summed E-state index contributed by atoms with van der Waals surface area (Å²) in [6, 6.07) is 1.69. The van der Waals surface area contributed by atoms with E-state index in [1.165, 1.54) is 14.0 Å². The maximum absolute atomic E-state index is 12.9. The molecule has 9 nitrogen and oxygen atoms in total. The van der Waals surface area contributed by atoms with Crippen molar-refractivity contribution in [3.63, 3.8) is 0 Å². The largest absolute Gasteiger partial charge is 0.465 e. The molecule has 0 aliphatic rings. The first kappa shape index (κ1) is 22.2. The fourth-order valence-electron chi connectivity index (χ4n) is 3.58. The maximum Gasteiger partial charge on any atom is 0.339 e. The Bertz CT molecular complexity index is 1190. The summed E-state index contributed by atoms with van der Waals surface area (Å²) in [5, 5.41) is 4.88. The van der Waals surface area contributed by atoms with Crippen molar-refractivity contribution in [2.24, 2.45) is 0 Å². The molecule has 1 atom stereocenters. The van der Waals surface area contributed by atoms with Crippen molar-refractivity contribution < 1.29 is 23.9 Å². The number of ether oxygens (including phenoxy) is 2. The second-order valence-corrected chi connectivity index (χ2v) is 7.76. The van der Waals surface area contributed by atoms with Gasteiger partial charge in [-0.1, -0.05) is 0 Å². The van der Waals surface area contributed by atoms with Crippen LogP contribution in [-0.2, 0) is 9.47 Å². The van der Waals surface area contributed by atoms with Crippen LogP contribution in [0.1, 0.15) is 75.0 Å². The molecule has 0 amide bonds. The molecule has 3 aromatic rings. The molecular weight excluding hydrogens is 400 g/mol. The van der Waals surface area contributed by atoms with Crippen LogP contribution >= 0.6 is 0 Å². The van der Waals surface area contributed by atoms with Gasteiger partial charge in [-0.3, -0.25) is 4.79 Å². The predicted octanol–water partition coefficient (Wildman–Crippen LogP) is 3.48. The molecule has 164 valence electrons. The molecule has 0 bridgehead atoms. The van der Waals surface area contributed by atoms with Crippen molar-refractivity contribution >= 4 is 28.8 Å². The predicted molar refractivity (Wildman–Crippen MR) is 113 cm³/mol. The highest BCUT2D eigenvalue weighted by Gasteiger charge is 2.28. The first-order valence-electron chi connectivity index (χ1n) is 9.94. The number of aromatic amines is 1. The van der Waals surface area contributed by atoms with Crippen LogP contribution in [0.4, 0.5) is 0 Å². The summed E-state index contributed by atoms with van der Waals surface area (Å²) in [5.74, 6) is -1.62. The number of nitrogens with zero attached hydrogens (tertiary/aromatic N) is 3. The number of Topliss-reactive ketones (excluding diaryl/α,β-unsaturated/α-hetero) is 1. The summed E-state index contributed by atoms with van der Waals surface area (Å²) in [4.78, 5) is 45.2. The van der Waals surface area contributed by atoms with Gasteiger partial charge in [-0.15, -0.1) is 0 Å². The van der Waals surface area contributed by atoms with Gasteiger partial charge in [0.05, 0.1) is 35.5 Å². The molecule has 3 rings (SSSR count). The number of nitrogens with one attached hydrogen (secondary N) is 1. The fourth-order valence-corrected chi connectivity index (χ4v) is 3.58. The third-order valence-electron chi connectivity index (χ3n) is 5.13. The first-order chi connectivity index (χ1) is 14.6. The molecule has 0 spiro atoms. The van der Waals surface area contributed by atoms with Gasteiger partial charge in [0.15, 0.2) is 11.8 Å². The van der Waals surface area contributed by atoms with Crippen LogP contribution in [0.25, 0.3) is 11.0 Å². The Kier molecular flexibility index (Phi) is 5.97. The summed E-state index contributed by atoms with van der Waals surface area (Å²) >= 11 is 0. The van der Waals surface area contributed by atoms with Crippen LogP contribution in [0.2, 0.25) is 0 Å². The Morgan fingerprint density at radius 2 is 1.77 bits per heavy atom. The zero-order chi connectivity index (χ0) is 23.0. The van der Waals surface area contributed by atoms with Gasteiger partial charge >= 0.3 is 11.9 Å². The van der Waals surface area contributed by atoms with E-state index in [-0.39, 0.29) is 11.7 Å². The number of fused-ring (bicyclic) bond motifs is 1. The number of hydrogen-bond donors (Lipinski definition) is 1. The summed E-state index contributed by atoms with van der Waals surface area (Å²) in [5.41, 5.74) is 3.00. The Hall–Kier alpha value is -3.49. The standard InChI is InChI=1S/C22H26N4O5/c1-10(2)26-20-16(9-23-26)15(8-11(3)24-20)21(28)31-14(6)19(27)18-12(4)17(13(5)25-18)22(29)30-7/h8-10,14,25H,1-7H3/t14-/m1/s1. The van der Waals surface area contributed by atoms with Crippen molar-refractivity contribution in [3.8, 4) is 0 Å². The van der Waals surface area contributed by atoms with E-state index in [1.54, 1.807) is 37.7 Å². The van der Waals surface area contributed by atoms with E-state index in [0.717, 1.165) is 0 Å². The molecule has 0 saturated carbocycles. The van der Waals surface area contributed by atoms with E-state index in [9.17, 15) is 14.4 Å². The highest BCUT2D eigenvalue weighted by molar-refractivity contribution is 6.06. The minimum Gasteiger partial charge on any atom is -0.465 e. The number of H-pyrrole nitrogens is 1. The van der Waals surface area contributed by atoms with Crippen LogP contribution in [0, 0.1) is 20.8 Å². The second-order valence-electron chi connectivity index (χ2n) is 7.76. The molecule has 0 radical (unpaired) electrons. The molecule has 3 heterocycles. The van der Waals surface area contributed by atoms with Crippen molar-refractivity contribution in [2.45, 2.75) is 53.7 Å². The molecule has 0 saturated heterocycles. The minimum absolute atomic E-state index is 0.0688. The number of rotatable bonds is 6. The van der Waals surface area contributed by atoms with Crippen molar-refractivity contribution in [2.75, 3.05) is 7.11 Å². The number of esters is 2. The van der Waals surface area contributed by atoms with Gasteiger partial charge in [0.25, 0.3) is 0 Å². The van der Waals surface area contributed by atoms with E-state index in [2.05, 4.69) is 15.1 Å². The molecule has 0 aromatic carbocycles. The molecule has 0 unspecified atom stereocenters. The number of hydrogen-bond acceptors (Lipinski definition) is 7. The lowest BCUT2D eigenvalue weighted by molar-refractivity contribution is 0.0318. The lowest BCUT2D eigenvalue weighted by Gasteiger charge is -2.13. The Morgan fingerprint density at radius 3 is 2.39 bits per heavy atom. The van der Waals surface area contributed by atoms with Crippen LogP contribution in [-0.4, -0.2) is 50.7 Å². The van der Waals surface area contributed by atoms with Crippen molar-refractivity contribution in [1.82, 2.24) is 19.7 Å². The molecule has 3 aromatic heterocycles. The Morgan fingerprint density at radius 1 is 1.10 bits per heavy atom. The van der Waals surface area contributed by atoms with Gasteiger partial charge < -0.3 is 14.5 Å². The summed E-state index contributed by atoms with van der Waals surface area (Å²) in [6.45, 7) is 10.5.